The van der Waals surface area contributed by atoms with Crippen LogP contribution in [-0.4, -0.2) is 36.3 Å². The minimum atomic E-state index is -0.290. The highest BCUT2D eigenvalue weighted by Gasteiger charge is 2.26. The van der Waals surface area contributed by atoms with E-state index in [-0.39, 0.29) is 29.6 Å². The average Bonchev–Trinajstić information content (AvgIpc) is 2.69. The molecule has 148 valence electrons. The topological polar surface area (TPSA) is 61.4 Å². The number of rotatable bonds is 6. The Balaban J connectivity index is 1.41. The van der Waals surface area contributed by atoms with Gasteiger partial charge in [-0.25, -0.2) is 4.39 Å². The second kappa shape index (κ2) is 9.46. The van der Waals surface area contributed by atoms with Crippen LogP contribution in [0.2, 0.25) is 0 Å². The molecule has 1 aliphatic rings. The highest BCUT2D eigenvalue weighted by atomic mass is 19.1. The van der Waals surface area contributed by atoms with Crippen LogP contribution in [0.1, 0.15) is 31.4 Å². The molecule has 2 N–H and O–H groups in total. The molecule has 0 unspecified atom stereocenters. The zero-order valence-corrected chi connectivity index (χ0v) is 16.0. The lowest BCUT2D eigenvalue weighted by molar-refractivity contribution is -0.124. The van der Waals surface area contributed by atoms with Crippen molar-refractivity contribution in [3.63, 3.8) is 0 Å². The molecule has 2 aromatic carbocycles. The SMILES string of the molecule is C[C@@H](NC(=O)CN1CCC(C(=O)Nc2ccccc2)CC1)c1ccc(F)cc1. The molecule has 0 aromatic heterocycles. The monoisotopic (exact) mass is 383 g/mol. The van der Waals surface area contributed by atoms with Gasteiger partial charge in [-0.05, 0) is 62.7 Å². The minimum Gasteiger partial charge on any atom is -0.348 e. The Labute approximate surface area is 164 Å². The molecule has 0 bridgehead atoms. The molecule has 6 heteroatoms. The molecule has 1 heterocycles. The van der Waals surface area contributed by atoms with Gasteiger partial charge in [0.2, 0.25) is 11.8 Å². The first-order chi connectivity index (χ1) is 13.5. The van der Waals surface area contributed by atoms with Crippen molar-refractivity contribution in [3.8, 4) is 0 Å². The molecule has 2 aromatic rings. The molecule has 1 fully saturated rings. The van der Waals surface area contributed by atoms with Crippen molar-refractivity contribution >= 4 is 17.5 Å². The molecular weight excluding hydrogens is 357 g/mol. The number of halogens is 1. The Morgan fingerprint density at radius 3 is 2.36 bits per heavy atom. The van der Waals surface area contributed by atoms with Crippen LogP contribution in [0.15, 0.2) is 54.6 Å². The Morgan fingerprint density at radius 1 is 1.07 bits per heavy atom. The second-order valence-corrected chi connectivity index (χ2v) is 7.25. The van der Waals surface area contributed by atoms with Crippen LogP contribution in [0, 0.1) is 11.7 Å². The van der Waals surface area contributed by atoms with Gasteiger partial charge in [-0.1, -0.05) is 30.3 Å². The highest BCUT2D eigenvalue weighted by molar-refractivity contribution is 5.92. The number of likely N-dealkylation sites (tertiary alicyclic amines) is 1. The first-order valence-electron chi connectivity index (χ1n) is 9.64. The standard InChI is InChI=1S/C22H26FN3O2/c1-16(17-7-9-19(23)10-8-17)24-21(27)15-26-13-11-18(12-14-26)22(28)25-20-5-3-2-4-6-20/h2-10,16,18H,11-15H2,1H3,(H,24,27)(H,25,28)/t16-/m1/s1. The number of anilines is 1. The fourth-order valence-corrected chi connectivity index (χ4v) is 3.44. The summed E-state index contributed by atoms with van der Waals surface area (Å²) >= 11 is 0. The number of nitrogens with zero attached hydrogens (tertiary/aromatic N) is 1. The number of carbonyl (C=O) groups is 2. The summed E-state index contributed by atoms with van der Waals surface area (Å²) in [6.45, 7) is 3.61. The van der Waals surface area contributed by atoms with E-state index < -0.39 is 0 Å². The van der Waals surface area contributed by atoms with Crippen LogP contribution in [0.4, 0.5) is 10.1 Å². The lowest BCUT2D eigenvalue weighted by Gasteiger charge is -2.31. The number of piperidine rings is 1. The van der Waals surface area contributed by atoms with Crippen molar-refractivity contribution in [2.75, 3.05) is 25.0 Å². The van der Waals surface area contributed by atoms with Gasteiger partial charge in [-0.3, -0.25) is 14.5 Å². The van der Waals surface area contributed by atoms with E-state index in [9.17, 15) is 14.0 Å². The van der Waals surface area contributed by atoms with Gasteiger partial charge in [0.15, 0.2) is 0 Å². The van der Waals surface area contributed by atoms with Crippen molar-refractivity contribution < 1.29 is 14.0 Å². The normalized spacial score (nSPS) is 16.4. The summed E-state index contributed by atoms with van der Waals surface area (Å²) in [5.74, 6) is -0.344. The van der Waals surface area contributed by atoms with Gasteiger partial charge in [0.25, 0.3) is 0 Å². The van der Waals surface area contributed by atoms with Crippen LogP contribution >= 0.6 is 0 Å². The Hall–Kier alpha value is -2.73. The summed E-state index contributed by atoms with van der Waals surface area (Å²) < 4.78 is 13.0. The lowest BCUT2D eigenvalue weighted by Crippen LogP contribution is -2.43. The molecule has 0 aliphatic carbocycles. The smallest absolute Gasteiger partial charge is 0.234 e. The lowest BCUT2D eigenvalue weighted by atomic mass is 9.95. The molecule has 3 rings (SSSR count). The quantitative estimate of drug-likeness (QED) is 0.804. The molecule has 0 spiro atoms. The molecule has 0 saturated carbocycles. The van der Waals surface area contributed by atoms with Gasteiger partial charge in [-0.2, -0.15) is 0 Å². The zero-order valence-electron chi connectivity index (χ0n) is 16.0. The molecule has 2 amide bonds. The largest absolute Gasteiger partial charge is 0.348 e. The first kappa shape index (κ1) is 20.0. The van der Waals surface area contributed by atoms with Crippen molar-refractivity contribution in [1.82, 2.24) is 10.2 Å². The number of hydrogen-bond donors (Lipinski definition) is 2. The maximum absolute atomic E-state index is 13.0. The highest BCUT2D eigenvalue weighted by Crippen LogP contribution is 2.19. The maximum atomic E-state index is 13.0. The predicted molar refractivity (Wildman–Crippen MR) is 107 cm³/mol. The van der Waals surface area contributed by atoms with Crippen molar-refractivity contribution in [2.24, 2.45) is 5.92 Å². The van der Waals surface area contributed by atoms with E-state index in [1.807, 2.05) is 37.3 Å². The van der Waals surface area contributed by atoms with E-state index in [1.54, 1.807) is 12.1 Å². The van der Waals surface area contributed by atoms with Crippen LogP contribution in [0.3, 0.4) is 0 Å². The summed E-state index contributed by atoms with van der Waals surface area (Å²) in [5, 5.41) is 5.90. The van der Waals surface area contributed by atoms with E-state index in [4.69, 9.17) is 0 Å². The van der Waals surface area contributed by atoms with Gasteiger partial charge >= 0.3 is 0 Å². The number of nitrogens with one attached hydrogen (secondary N) is 2. The molecule has 1 aliphatic heterocycles. The number of benzene rings is 2. The fourth-order valence-electron chi connectivity index (χ4n) is 3.44. The molecular formula is C22H26FN3O2. The van der Waals surface area contributed by atoms with Gasteiger partial charge in [0.1, 0.15) is 5.82 Å². The van der Waals surface area contributed by atoms with Crippen molar-refractivity contribution in [2.45, 2.75) is 25.8 Å². The number of para-hydroxylation sites is 1. The van der Waals surface area contributed by atoms with Gasteiger partial charge in [0.05, 0.1) is 12.6 Å². The molecule has 28 heavy (non-hydrogen) atoms. The second-order valence-electron chi connectivity index (χ2n) is 7.25. The van der Waals surface area contributed by atoms with E-state index in [0.717, 1.165) is 24.1 Å². The third-order valence-corrected chi connectivity index (χ3v) is 5.11. The first-order valence-corrected chi connectivity index (χ1v) is 9.64. The summed E-state index contributed by atoms with van der Waals surface area (Å²) in [6, 6.07) is 15.4. The van der Waals surface area contributed by atoms with Gasteiger partial charge in [-0.15, -0.1) is 0 Å². The summed E-state index contributed by atoms with van der Waals surface area (Å²) in [6.07, 6.45) is 1.47. The molecule has 1 atom stereocenters. The Bertz CT molecular complexity index is 787. The molecule has 0 radical (unpaired) electrons. The Kier molecular flexibility index (Phi) is 6.76. The summed E-state index contributed by atoms with van der Waals surface area (Å²) in [4.78, 5) is 26.8. The van der Waals surface area contributed by atoms with Crippen molar-refractivity contribution in [1.29, 1.82) is 0 Å². The predicted octanol–water partition coefficient (Wildman–Crippen LogP) is 3.35. The van der Waals surface area contributed by atoms with Crippen LogP contribution < -0.4 is 10.6 Å². The minimum absolute atomic E-state index is 0.0299. The number of hydrogen-bond acceptors (Lipinski definition) is 3. The third-order valence-electron chi connectivity index (χ3n) is 5.11. The zero-order chi connectivity index (χ0) is 19.9. The van der Waals surface area contributed by atoms with E-state index in [2.05, 4.69) is 15.5 Å². The maximum Gasteiger partial charge on any atom is 0.234 e. The van der Waals surface area contributed by atoms with Crippen LogP contribution in [0.5, 0.6) is 0 Å². The summed E-state index contributed by atoms with van der Waals surface area (Å²) in [7, 11) is 0. The van der Waals surface area contributed by atoms with E-state index in [0.29, 0.717) is 19.6 Å². The van der Waals surface area contributed by atoms with E-state index in [1.165, 1.54) is 12.1 Å². The average molecular weight is 383 g/mol. The van der Waals surface area contributed by atoms with E-state index >= 15 is 0 Å². The van der Waals surface area contributed by atoms with Crippen LogP contribution in [-0.2, 0) is 9.59 Å². The van der Waals surface area contributed by atoms with Crippen LogP contribution in [0.25, 0.3) is 0 Å². The number of amides is 2. The number of carbonyl (C=O) groups excluding carboxylic acids is 2. The molecule has 5 nitrogen and oxygen atoms in total. The summed E-state index contributed by atoms with van der Waals surface area (Å²) in [5.41, 5.74) is 1.68. The molecule has 1 saturated heterocycles. The fraction of sp³-hybridized carbons (Fsp3) is 0.364. The van der Waals surface area contributed by atoms with Gasteiger partial charge < -0.3 is 10.6 Å². The van der Waals surface area contributed by atoms with Gasteiger partial charge in [0, 0.05) is 11.6 Å². The Morgan fingerprint density at radius 2 is 1.71 bits per heavy atom. The third kappa shape index (κ3) is 5.63. The van der Waals surface area contributed by atoms with Crippen molar-refractivity contribution in [3.05, 3.63) is 66.0 Å².